The van der Waals surface area contributed by atoms with Gasteiger partial charge in [0.05, 0.1) is 16.6 Å². The maximum atomic E-state index is 5.96. The molecule has 0 fully saturated rings. The summed E-state index contributed by atoms with van der Waals surface area (Å²) in [5, 5.41) is 3.67. The van der Waals surface area contributed by atoms with Gasteiger partial charge in [-0.05, 0) is 19.1 Å². The quantitative estimate of drug-likeness (QED) is 0.777. The van der Waals surface area contributed by atoms with E-state index in [1.807, 2.05) is 18.2 Å². The van der Waals surface area contributed by atoms with Crippen LogP contribution >= 0.6 is 23.2 Å². The number of halogens is 2. The van der Waals surface area contributed by atoms with Gasteiger partial charge in [-0.15, -0.1) is 0 Å². The first kappa shape index (κ1) is 9.85. The average Bonchev–Trinajstić information content (AvgIpc) is 2.04. The van der Waals surface area contributed by atoms with Crippen LogP contribution in [-0.4, -0.2) is 6.54 Å². The Morgan fingerprint density at radius 2 is 1.83 bits per heavy atom. The number of quaternary nitrogens is 1. The van der Waals surface area contributed by atoms with Crippen molar-refractivity contribution in [2.24, 2.45) is 0 Å². The van der Waals surface area contributed by atoms with Crippen molar-refractivity contribution in [1.82, 2.24) is 0 Å². The van der Waals surface area contributed by atoms with Gasteiger partial charge in [0, 0.05) is 5.56 Å². The van der Waals surface area contributed by atoms with Gasteiger partial charge in [0.15, 0.2) is 0 Å². The summed E-state index contributed by atoms with van der Waals surface area (Å²) in [5.41, 5.74) is 1.03. The molecule has 2 N–H and O–H groups in total. The molecule has 0 radical (unpaired) electrons. The summed E-state index contributed by atoms with van der Waals surface area (Å²) >= 11 is 11.9. The van der Waals surface area contributed by atoms with Crippen LogP contribution in [0.25, 0.3) is 0 Å². The van der Waals surface area contributed by atoms with Gasteiger partial charge in [-0.3, -0.25) is 0 Å². The van der Waals surface area contributed by atoms with E-state index in [2.05, 4.69) is 12.2 Å². The van der Waals surface area contributed by atoms with E-state index in [4.69, 9.17) is 23.2 Å². The molecule has 1 rings (SSSR count). The number of hydrogen-bond acceptors (Lipinski definition) is 0. The maximum Gasteiger partial charge on any atom is 0.104 e. The molecule has 12 heavy (non-hydrogen) atoms. The minimum Gasteiger partial charge on any atom is -0.343 e. The Hall–Kier alpha value is -0.240. The Kier molecular flexibility index (Phi) is 3.86. The van der Waals surface area contributed by atoms with Crippen molar-refractivity contribution in [1.29, 1.82) is 0 Å². The van der Waals surface area contributed by atoms with E-state index in [-0.39, 0.29) is 0 Å². The van der Waals surface area contributed by atoms with Crippen molar-refractivity contribution in [3.8, 4) is 0 Å². The van der Waals surface area contributed by atoms with E-state index in [1.165, 1.54) is 0 Å². The minimum absolute atomic E-state index is 0.757. The van der Waals surface area contributed by atoms with Crippen LogP contribution in [0.4, 0.5) is 0 Å². The number of nitrogens with two attached hydrogens (primary N) is 1. The lowest BCUT2D eigenvalue weighted by Crippen LogP contribution is -2.81. The van der Waals surface area contributed by atoms with Gasteiger partial charge in [-0.2, -0.15) is 0 Å². The molecule has 1 aromatic carbocycles. The zero-order valence-electron chi connectivity index (χ0n) is 6.98. The monoisotopic (exact) mass is 204 g/mol. The first-order valence-electron chi connectivity index (χ1n) is 4.00. The van der Waals surface area contributed by atoms with Crippen molar-refractivity contribution >= 4 is 23.2 Å². The Balaban J connectivity index is 2.81. The lowest BCUT2D eigenvalue weighted by molar-refractivity contribution is -0.667. The Bertz CT molecular complexity index is 240. The first-order chi connectivity index (χ1) is 5.75. The van der Waals surface area contributed by atoms with Crippen LogP contribution in [0.5, 0.6) is 0 Å². The SMILES string of the molecule is CC[NH2+]Cc1c(Cl)cccc1Cl. The summed E-state index contributed by atoms with van der Waals surface area (Å²) in [6, 6.07) is 5.60. The van der Waals surface area contributed by atoms with E-state index in [0.29, 0.717) is 0 Å². The molecule has 0 aromatic heterocycles. The van der Waals surface area contributed by atoms with Crippen LogP contribution < -0.4 is 5.32 Å². The highest BCUT2D eigenvalue weighted by Crippen LogP contribution is 2.22. The highest BCUT2D eigenvalue weighted by atomic mass is 35.5. The Morgan fingerprint density at radius 3 is 2.33 bits per heavy atom. The minimum atomic E-state index is 0.757. The van der Waals surface area contributed by atoms with Crippen LogP contribution in [0.3, 0.4) is 0 Å². The zero-order chi connectivity index (χ0) is 8.97. The fourth-order valence-electron chi connectivity index (χ4n) is 1.02. The summed E-state index contributed by atoms with van der Waals surface area (Å²) in [7, 11) is 0. The zero-order valence-corrected chi connectivity index (χ0v) is 8.49. The van der Waals surface area contributed by atoms with Gasteiger partial charge in [0.2, 0.25) is 0 Å². The van der Waals surface area contributed by atoms with Crippen LogP contribution in [0.2, 0.25) is 10.0 Å². The maximum absolute atomic E-state index is 5.96. The van der Waals surface area contributed by atoms with Crippen LogP contribution in [0, 0.1) is 0 Å². The lowest BCUT2D eigenvalue weighted by atomic mass is 10.2. The number of benzene rings is 1. The third kappa shape index (κ3) is 2.37. The molecule has 0 aliphatic rings. The highest BCUT2D eigenvalue weighted by molar-refractivity contribution is 6.35. The average molecular weight is 205 g/mol. The second-order valence-corrected chi connectivity index (χ2v) is 3.42. The third-order valence-corrected chi connectivity index (χ3v) is 2.41. The fraction of sp³-hybridized carbons (Fsp3) is 0.333. The molecule has 3 heteroatoms. The molecule has 66 valence electrons. The Morgan fingerprint density at radius 1 is 1.25 bits per heavy atom. The van der Waals surface area contributed by atoms with Gasteiger partial charge in [-0.1, -0.05) is 29.3 Å². The van der Waals surface area contributed by atoms with Crippen LogP contribution in [0.15, 0.2) is 18.2 Å². The summed E-state index contributed by atoms with van der Waals surface area (Å²) < 4.78 is 0. The number of hydrogen-bond donors (Lipinski definition) is 1. The molecule has 1 aromatic rings. The predicted molar refractivity (Wildman–Crippen MR) is 52.6 cm³/mol. The molecule has 0 spiro atoms. The van der Waals surface area contributed by atoms with Gasteiger partial charge >= 0.3 is 0 Å². The highest BCUT2D eigenvalue weighted by Gasteiger charge is 2.05. The molecular weight excluding hydrogens is 193 g/mol. The van der Waals surface area contributed by atoms with Crippen molar-refractivity contribution in [2.45, 2.75) is 13.5 Å². The molecular formula is C9H12Cl2N+. The van der Waals surface area contributed by atoms with Crippen LogP contribution in [0.1, 0.15) is 12.5 Å². The molecule has 0 heterocycles. The van der Waals surface area contributed by atoms with E-state index in [9.17, 15) is 0 Å². The largest absolute Gasteiger partial charge is 0.343 e. The predicted octanol–water partition coefficient (Wildman–Crippen LogP) is 2.08. The molecule has 0 bridgehead atoms. The van der Waals surface area contributed by atoms with E-state index in [0.717, 1.165) is 28.7 Å². The van der Waals surface area contributed by atoms with Crippen molar-refractivity contribution in [2.75, 3.05) is 6.54 Å². The fourth-order valence-corrected chi connectivity index (χ4v) is 1.57. The third-order valence-electron chi connectivity index (χ3n) is 1.70. The summed E-state index contributed by atoms with van der Waals surface area (Å²) in [6.07, 6.45) is 0. The molecule has 0 aliphatic heterocycles. The second-order valence-electron chi connectivity index (χ2n) is 2.60. The van der Waals surface area contributed by atoms with E-state index in [1.54, 1.807) is 0 Å². The second kappa shape index (κ2) is 4.70. The van der Waals surface area contributed by atoms with Gasteiger partial charge < -0.3 is 5.32 Å². The van der Waals surface area contributed by atoms with Gasteiger partial charge in [-0.25, -0.2) is 0 Å². The first-order valence-corrected chi connectivity index (χ1v) is 4.76. The summed E-state index contributed by atoms with van der Waals surface area (Å²) in [6.45, 7) is 4.00. The molecule has 0 saturated heterocycles. The van der Waals surface area contributed by atoms with E-state index < -0.39 is 0 Å². The molecule has 0 unspecified atom stereocenters. The summed E-state index contributed by atoms with van der Waals surface area (Å²) in [5.74, 6) is 0. The topological polar surface area (TPSA) is 16.6 Å². The molecule has 0 saturated carbocycles. The van der Waals surface area contributed by atoms with Gasteiger partial charge in [0.1, 0.15) is 6.54 Å². The Labute approximate surface area is 82.7 Å². The van der Waals surface area contributed by atoms with Crippen LogP contribution in [-0.2, 0) is 6.54 Å². The molecule has 1 nitrogen and oxygen atoms in total. The standard InChI is InChI=1S/C9H11Cl2N/c1-2-12-6-7-8(10)4-3-5-9(7)11/h3-5,12H,2,6H2,1H3/p+1. The summed E-state index contributed by atoms with van der Waals surface area (Å²) in [4.78, 5) is 0. The molecule has 0 amide bonds. The van der Waals surface area contributed by atoms with Crippen molar-refractivity contribution < 1.29 is 5.32 Å². The van der Waals surface area contributed by atoms with Crippen molar-refractivity contribution in [3.63, 3.8) is 0 Å². The van der Waals surface area contributed by atoms with E-state index >= 15 is 0 Å². The van der Waals surface area contributed by atoms with Crippen molar-refractivity contribution in [3.05, 3.63) is 33.8 Å². The smallest absolute Gasteiger partial charge is 0.104 e. The number of rotatable bonds is 3. The molecule has 0 aliphatic carbocycles. The molecule has 0 atom stereocenters. The normalized spacial score (nSPS) is 10.2. The lowest BCUT2D eigenvalue weighted by Gasteiger charge is -2.03. The van der Waals surface area contributed by atoms with Gasteiger partial charge in [0.25, 0.3) is 0 Å².